The number of piperidine rings is 1. The molecule has 0 saturated carbocycles. The van der Waals surface area contributed by atoms with E-state index in [1.54, 1.807) is 12.1 Å². The van der Waals surface area contributed by atoms with Crippen LogP contribution < -0.4 is 5.32 Å². The van der Waals surface area contributed by atoms with Crippen LogP contribution in [0.5, 0.6) is 0 Å². The second-order valence-electron chi connectivity index (χ2n) is 4.25. The maximum atomic E-state index is 11.6. The van der Waals surface area contributed by atoms with E-state index >= 15 is 0 Å². The largest absolute Gasteiger partial charge is 0.316 e. The Hall–Kier alpha value is -1.75. The summed E-state index contributed by atoms with van der Waals surface area (Å²) in [5, 5.41) is 13.7. The highest BCUT2D eigenvalue weighted by atomic mass is 16.6. The molecule has 90 valence electrons. The Morgan fingerprint density at radius 3 is 2.65 bits per heavy atom. The summed E-state index contributed by atoms with van der Waals surface area (Å²) in [6.07, 6.45) is 1.24. The van der Waals surface area contributed by atoms with Crippen LogP contribution in [-0.2, 0) is 11.2 Å². The summed E-state index contributed by atoms with van der Waals surface area (Å²) in [6.45, 7) is 1.46. The van der Waals surface area contributed by atoms with E-state index in [9.17, 15) is 14.9 Å². The summed E-state index contributed by atoms with van der Waals surface area (Å²) in [7, 11) is 0. The number of rotatable bonds is 3. The average molecular weight is 234 g/mol. The summed E-state index contributed by atoms with van der Waals surface area (Å²) in [4.78, 5) is 21.7. The quantitative estimate of drug-likeness (QED) is 0.632. The highest BCUT2D eigenvalue weighted by Crippen LogP contribution is 2.17. The number of hydrogen-bond donors (Lipinski definition) is 1. The molecule has 17 heavy (non-hydrogen) atoms. The Balaban J connectivity index is 2.03. The minimum Gasteiger partial charge on any atom is -0.316 e. The zero-order chi connectivity index (χ0) is 12.3. The minimum absolute atomic E-state index is 0.00482. The van der Waals surface area contributed by atoms with Crippen LogP contribution in [0.15, 0.2) is 24.3 Å². The number of nitrogens with one attached hydrogen (secondary N) is 1. The molecule has 1 aliphatic heterocycles. The lowest BCUT2D eigenvalue weighted by Crippen LogP contribution is -2.37. The van der Waals surface area contributed by atoms with Gasteiger partial charge in [-0.05, 0) is 12.0 Å². The van der Waals surface area contributed by atoms with Gasteiger partial charge in [0.2, 0.25) is 0 Å². The zero-order valence-corrected chi connectivity index (χ0v) is 9.39. The molecule has 0 aliphatic carbocycles. The minimum atomic E-state index is -0.420. The van der Waals surface area contributed by atoms with Crippen molar-refractivity contribution in [2.24, 2.45) is 5.92 Å². The highest BCUT2D eigenvalue weighted by molar-refractivity contribution is 5.82. The van der Waals surface area contributed by atoms with Crippen LogP contribution in [0.2, 0.25) is 0 Å². The van der Waals surface area contributed by atoms with Gasteiger partial charge in [0.15, 0.2) is 0 Å². The van der Waals surface area contributed by atoms with Crippen molar-refractivity contribution in [2.75, 3.05) is 13.1 Å². The molecule has 1 unspecified atom stereocenters. The molecule has 5 heteroatoms. The number of nitro groups is 1. The van der Waals surface area contributed by atoms with E-state index in [4.69, 9.17) is 0 Å². The van der Waals surface area contributed by atoms with Gasteiger partial charge in [0.25, 0.3) is 5.69 Å². The van der Waals surface area contributed by atoms with Gasteiger partial charge in [0.05, 0.1) is 4.92 Å². The Kier molecular flexibility index (Phi) is 3.49. The van der Waals surface area contributed by atoms with Gasteiger partial charge in [0.1, 0.15) is 5.78 Å². The van der Waals surface area contributed by atoms with Gasteiger partial charge in [-0.15, -0.1) is 0 Å². The van der Waals surface area contributed by atoms with Crippen molar-refractivity contribution in [2.45, 2.75) is 12.8 Å². The molecule has 1 N–H and O–H groups in total. The SMILES string of the molecule is O=C1CCNCC1Cc1ccc([N+](=O)[O-])cc1. The molecule has 1 aliphatic rings. The third-order valence-corrected chi connectivity index (χ3v) is 3.02. The Morgan fingerprint density at radius 1 is 1.35 bits per heavy atom. The topological polar surface area (TPSA) is 72.2 Å². The molecule has 1 heterocycles. The maximum Gasteiger partial charge on any atom is 0.269 e. The van der Waals surface area contributed by atoms with Crippen molar-refractivity contribution in [3.05, 3.63) is 39.9 Å². The van der Waals surface area contributed by atoms with E-state index in [2.05, 4.69) is 5.32 Å². The predicted molar refractivity (Wildman–Crippen MR) is 62.8 cm³/mol. The molecule has 1 aromatic carbocycles. The molecule has 5 nitrogen and oxygen atoms in total. The van der Waals surface area contributed by atoms with Crippen LogP contribution in [0.25, 0.3) is 0 Å². The van der Waals surface area contributed by atoms with E-state index in [-0.39, 0.29) is 17.4 Å². The van der Waals surface area contributed by atoms with Crippen molar-refractivity contribution < 1.29 is 9.72 Å². The molecule has 0 amide bonds. The fraction of sp³-hybridized carbons (Fsp3) is 0.417. The molecule has 2 rings (SSSR count). The Bertz CT molecular complexity index is 428. The number of hydrogen-bond acceptors (Lipinski definition) is 4. The van der Waals surface area contributed by atoms with Gasteiger partial charge in [-0.1, -0.05) is 12.1 Å². The van der Waals surface area contributed by atoms with E-state index in [0.717, 1.165) is 12.1 Å². The van der Waals surface area contributed by atoms with E-state index in [1.807, 2.05) is 0 Å². The number of carbonyl (C=O) groups excluding carboxylic acids is 1. The second kappa shape index (κ2) is 5.05. The molecule has 1 saturated heterocycles. The van der Waals surface area contributed by atoms with Crippen LogP contribution in [0.1, 0.15) is 12.0 Å². The van der Waals surface area contributed by atoms with Crippen molar-refractivity contribution >= 4 is 11.5 Å². The Labute approximate surface area is 99.0 Å². The van der Waals surface area contributed by atoms with Crippen LogP contribution in [-0.4, -0.2) is 23.8 Å². The molecular weight excluding hydrogens is 220 g/mol. The molecule has 1 aromatic rings. The van der Waals surface area contributed by atoms with Crippen LogP contribution in [0, 0.1) is 16.0 Å². The molecule has 1 fully saturated rings. The van der Waals surface area contributed by atoms with Crippen molar-refractivity contribution in [1.82, 2.24) is 5.32 Å². The fourth-order valence-electron chi connectivity index (χ4n) is 2.03. The lowest BCUT2D eigenvalue weighted by molar-refractivity contribution is -0.384. The van der Waals surface area contributed by atoms with Crippen LogP contribution in [0.3, 0.4) is 0 Å². The molecule has 0 radical (unpaired) electrons. The van der Waals surface area contributed by atoms with Crippen molar-refractivity contribution in [3.63, 3.8) is 0 Å². The first-order valence-electron chi connectivity index (χ1n) is 5.63. The van der Waals surface area contributed by atoms with Gasteiger partial charge in [-0.2, -0.15) is 0 Å². The number of non-ortho nitro benzene ring substituents is 1. The second-order valence-corrected chi connectivity index (χ2v) is 4.25. The summed E-state index contributed by atoms with van der Waals surface area (Å²) in [5.74, 6) is 0.285. The first-order valence-corrected chi connectivity index (χ1v) is 5.63. The van der Waals surface area contributed by atoms with Crippen molar-refractivity contribution in [1.29, 1.82) is 0 Å². The first kappa shape index (κ1) is 11.7. The summed E-state index contributed by atoms with van der Waals surface area (Å²) in [6, 6.07) is 6.41. The molecule has 0 aromatic heterocycles. The normalized spacial score (nSPS) is 20.2. The number of ketones is 1. The average Bonchev–Trinajstić information content (AvgIpc) is 2.33. The standard InChI is InChI=1S/C12H14N2O3/c15-12-5-6-13-8-10(12)7-9-1-3-11(4-2-9)14(16)17/h1-4,10,13H,5-8H2. The summed E-state index contributed by atoms with van der Waals surface area (Å²) in [5.41, 5.74) is 1.06. The lowest BCUT2D eigenvalue weighted by Gasteiger charge is -2.21. The van der Waals surface area contributed by atoms with Gasteiger partial charge < -0.3 is 5.32 Å². The molecular formula is C12H14N2O3. The van der Waals surface area contributed by atoms with E-state index < -0.39 is 4.92 Å². The molecule has 0 bridgehead atoms. The molecule has 1 atom stereocenters. The monoisotopic (exact) mass is 234 g/mol. The number of nitrogens with zero attached hydrogens (tertiary/aromatic N) is 1. The number of benzene rings is 1. The third-order valence-electron chi connectivity index (χ3n) is 3.02. The predicted octanol–water partition coefficient (Wildman–Crippen LogP) is 1.32. The Morgan fingerprint density at radius 2 is 2.06 bits per heavy atom. The van der Waals surface area contributed by atoms with Gasteiger partial charge in [0, 0.05) is 37.6 Å². The first-order chi connectivity index (χ1) is 8.16. The van der Waals surface area contributed by atoms with E-state index in [1.165, 1.54) is 12.1 Å². The zero-order valence-electron chi connectivity index (χ0n) is 9.39. The van der Waals surface area contributed by atoms with Crippen LogP contribution in [0.4, 0.5) is 5.69 Å². The van der Waals surface area contributed by atoms with Gasteiger partial charge in [-0.3, -0.25) is 14.9 Å². The van der Waals surface area contributed by atoms with Gasteiger partial charge in [-0.25, -0.2) is 0 Å². The lowest BCUT2D eigenvalue weighted by atomic mass is 9.91. The summed E-state index contributed by atoms with van der Waals surface area (Å²) >= 11 is 0. The highest BCUT2D eigenvalue weighted by Gasteiger charge is 2.22. The number of carbonyl (C=O) groups is 1. The third kappa shape index (κ3) is 2.88. The van der Waals surface area contributed by atoms with Gasteiger partial charge >= 0.3 is 0 Å². The maximum absolute atomic E-state index is 11.6. The summed E-state index contributed by atoms with van der Waals surface area (Å²) < 4.78 is 0. The number of Topliss-reactive ketones (excluding diaryl/α,β-unsaturated/α-hetero) is 1. The van der Waals surface area contributed by atoms with Crippen LogP contribution >= 0.6 is 0 Å². The van der Waals surface area contributed by atoms with E-state index in [0.29, 0.717) is 19.4 Å². The fourth-order valence-corrected chi connectivity index (χ4v) is 2.03. The number of nitro benzene ring substituents is 1. The molecule has 0 spiro atoms. The smallest absolute Gasteiger partial charge is 0.269 e. The van der Waals surface area contributed by atoms with Crippen molar-refractivity contribution in [3.8, 4) is 0 Å².